The third-order valence-electron chi connectivity index (χ3n) is 5.78. The van der Waals surface area contributed by atoms with Crippen molar-refractivity contribution in [3.8, 4) is 11.1 Å². The van der Waals surface area contributed by atoms with Gasteiger partial charge < -0.3 is 14.7 Å². The highest BCUT2D eigenvalue weighted by atomic mass is 16.5. The van der Waals surface area contributed by atoms with Gasteiger partial charge in [0.15, 0.2) is 6.54 Å². The fourth-order valence-corrected chi connectivity index (χ4v) is 4.43. The number of ether oxygens (including phenoxy) is 1. The number of rotatable bonds is 4. The van der Waals surface area contributed by atoms with E-state index in [-0.39, 0.29) is 6.61 Å². The van der Waals surface area contributed by atoms with Crippen LogP contribution in [0.5, 0.6) is 0 Å². The summed E-state index contributed by atoms with van der Waals surface area (Å²) in [5.74, 6) is 0. The lowest BCUT2D eigenvalue weighted by Gasteiger charge is -2.29. The van der Waals surface area contributed by atoms with E-state index in [0.717, 1.165) is 37.3 Å². The Kier molecular flexibility index (Phi) is 4.88. The third kappa shape index (κ3) is 3.24. The van der Waals surface area contributed by atoms with Crippen molar-refractivity contribution in [3.05, 3.63) is 72.8 Å². The lowest BCUT2D eigenvalue weighted by atomic mass is 9.95. The SMILES string of the molecule is OCC[n+]1c2ccccc2c(-c2ccc(N3CCOCC3)cc2)c2ccccc21. The molecule has 1 aromatic heterocycles. The number of benzene rings is 3. The van der Waals surface area contributed by atoms with Crippen LogP contribution in [-0.4, -0.2) is 38.0 Å². The van der Waals surface area contributed by atoms with Crippen LogP contribution in [-0.2, 0) is 11.3 Å². The first-order chi connectivity index (χ1) is 14.4. The first kappa shape index (κ1) is 18.1. The third-order valence-corrected chi connectivity index (χ3v) is 5.78. The van der Waals surface area contributed by atoms with E-state index < -0.39 is 0 Å². The topological polar surface area (TPSA) is 36.6 Å². The number of pyridine rings is 1. The Morgan fingerprint density at radius 1 is 0.793 bits per heavy atom. The molecule has 0 unspecified atom stereocenters. The molecule has 4 aromatic rings. The summed E-state index contributed by atoms with van der Waals surface area (Å²) in [6.45, 7) is 4.17. The predicted molar refractivity (Wildman–Crippen MR) is 117 cm³/mol. The van der Waals surface area contributed by atoms with Gasteiger partial charge >= 0.3 is 0 Å². The van der Waals surface area contributed by atoms with Crippen molar-refractivity contribution in [2.75, 3.05) is 37.8 Å². The fourth-order valence-electron chi connectivity index (χ4n) is 4.43. The maximum absolute atomic E-state index is 9.64. The van der Waals surface area contributed by atoms with Gasteiger partial charge in [-0.05, 0) is 29.8 Å². The van der Waals surface area contributed by atoms with Crippen LogP contribution in [0.1, 0.15) is 0 Å². The molecule has 0 aliphatic carbocycles. The lowest BCUT2D eigenvalue weighted by molar-refractivity contribution is -0.646. The summed E-state index contributed by atoms with van der Waals surface area (Å²) in [6.07, 6.45) is 0. The van der Waals surface area contributed by atoms with Crippen molar-refractivity contribution in [1.82, 2.24) is 0 Å². The maximum atomic E-state index is 9.64. The molecule has 4 heteroatoms. The zero-order chi connectivity index (χ0) is 19.6. The van der Waals surface area contributed by atoms with Crippen LogP contribution in [0.4, 0.5) is 5.69 Å². The molecule has 5 rings (SSSR count). The average molecular weight is 385 g/mol. The first-order valence-corrected chi connectivity index (χ1v) is 10.2. The molecule has 2 heterocycles. The van der Waals surface area contributed by atoms with E-state index in [1.54, 1.807) is 0 Å². The molecule has 0 saturated carbocycles. The highest BCUT2D eigenvalue weighted by molar-refractivity contribution is 6.07. The number of aliphatic hydroxyl groups is 1. The number of hydrogen-bond acceptors (Lipinski definition) is 3. The van der Waals surface area contributed by atoms with Gasteiger partial charge in [0.2, 0.25) is 11.0 Å². The Morgan fingerprint density at radius 2 is 1.38 bits per heavy atom. The minimum absolute atomic E-state index is 0.117. The molecule has 1 N–H and O–H groups in total. The van der Waals surface area contributed by atoms with Crippen molar-refractivity contribution in [3.63, 3.8) is 0 Å². The lowest BCUT2D eigenvalue weighted by Crippen LogP contribution is -2.37. The van der Waals surface area contributed by atoms with Gasteiger partial charge in [-0.2, -0.15) is 4.57 Å². The van der Waals surface area contributed by atoms with Gasteiger partial charge in [-0.1, -0.05) is 36.4 Å². The van der Waals surface area contributed by atoms with Crippen LogP contribution in [0.2, 0.25) is 0 Å². The minimum Gasteiger partial charge on any atom is -0.390 e. The Hall–Kier alpha value is -2.95. The van der Waals surface area contributed by atoms with E-state index >= 15 is 0 Å². The molecule has 1 saturated heterocycles. The number of morpholine rings is 1. The van der Waals surface area contributed by atoms with E-state index in [9.17, 15) is 5.11 Å². The smallest absolute Gasteiger partial charge is 0.213 e. The van der Waals surface area contributed by atoms with Crippen molar-refractivity contribution < 1.29 is 14.4 Å². The number of nitrogens with zero attached hydrogens (tertiary/aromatic N) is 2. The quantitative estimate of drug-likeness (QED) is 0.429. The van der Waals surface area contributed by atoms with Crippen molar-refractivity contribution in [2.45, 2.75) is 6.54 Å². The maximum Gasteiger partial charge on any atom is 0.213 e. The second-order valence-corrected chi connectivity index (χ2v) is 7.43. The molecule has 4 nitrogen and oxygen atoms in total. The van der Waals surface area contributed by atoms with Gasteiger partial charge in [-0.3, -0.25) is 0 Å². The second kappa shape index (κ2) is 7.82. The van der Waals surface area contributed by atoms with Gasteiger partial charge in [-0.25, -0.2) is 0 Å². The van der Waals surface area contributed by atoms with Crippen molar-refractivity contribution in [1.29, 1.82) is 0 Å². The number of fused-ring (bicyclic) bond motifs is 2. The van der Waals surface area contributed by atoms with Gasteiger partial charge in [-0.15, -0.1) is 0 Å². The van der Waals surface area contributed by atoms with Crippen LogP contribution < -0.4 is 9.47 Å². The number of para-hydroxylation sites is 2. The Labute approximate surface area is 170 Å². The van der Waals surface area contributed by atoms with Crippen LogP contribution in [0.25, 0.3) is 32.9 Å². The molecule has 1 aliphatic rings. The predicted octanol–water partition coefficient (Wildman–Crippen LogP) is 3.78. The fraction of sp³-hybridized carbons (Fsp3) is 0.240. The monoisotopic (exact) mass is 385 g/mol. The molecular weight excluding hydrogens is 360 g/mol. The summed E-state index contributed by atoms with van der Waals surface area (Å²) in [5.41, 5.74) is 6.00. The van der Waals surface area contributed by atoms with Crippen molar-refractivity contribution >= 4 is 27.5 Å². The molecule has 0 bridgehead atoms. The second-order valence-electron chi connectivity index (χ2n) is 7.43. The highest BCUT2D eigenvalue weighted by Crippen LogP contribution is 2.35. The Balaban J connectivity index is 1.70. The molecule has 0 spiro atoms. The van der Waals surface area contributed by atoms with E-state index in [1.807, 2.05) is 0 Å². The molecule has 29 heavy (non-hydrogen) atoms. The van der Waals surface area contributed by atoms with E-state index in [1.165, 1.54) is 27.6 Å². The van der Waals surface area contributed by atoms with Gasteiger partial charge in [0, 0.05) is 36.5 Å². The normalized spacial score (nSPS) is 14.6. The summed E-state index contributed by atoms with van der Waals surface area (Å²) >= 11 is 0. The van der Waals surface area contributed by atoms with Crippen LogP contribution >= 0.6 is 0 Å². The molecule has 1 fully saturated rings. The summed E-state index contributed by atoms with van der Waals surface area (Å²) in [4.78, 5) is 2.38. The molecule has 1 aliphatic heterocycles. The van der Waals surface area contributed by atoms with Crippen LogP contribution in [0.3, 0.4) is 0 Å². The van der Waals surface area contributed by atoms with E-state index in [2.05, 4.69) is 82.3 Å². The summed E-state index contributed by atoms with van der Waals surface area (Å²) < 4.78 is 7.70. The molecule has 0 amide bonds. The molecule has 3 aromatic carbocycles. The van der Waals surface area contributed by atoms with Gasteiger partial charge in [0.25, 0.3) is 0 Å². The summed E-state index contributed by atoms with van der Waals surface area (Å²) in [5, 5.41) is 12.1. The molecular formula is C25H25N2O2+. The average Bonchev–Trinajstić information content (AvgIpc) is 2.80. The highest BCUT2D eigenvalue weighted by Gasteiger charge is 2.20. The number of aromatic nitrogens is 1. The number of hydrogen-bond donors (Lipinski definition) is 1. The van der Waals surface area contributed by atoms with Crippen LogP contribution in [0, 0.1) is 0 Å². The molecule has 146 valence electrons. The largest absolute Gasteiger partial charge is 0.390 e. The van der Waals surface area contributed by atoms with Gasteiger partial charge in [0.05, 0.1) is 24.0 Å². The van der Waals surface area contributed by atoms with Gasteiger partial charge in [0.1, 0.15) is 6.61 Å². The Morgan fingerprint density at radius 3 is 1.97 bits per heavy atom. The summed E-state index contributed by atoms with van der Waals surface area (Å²) in [7, 11) is 0. The van der Waals surface area contributed by atoms with Crippen LogP contribution in [0.15, 0.2) is 72.8 Å². The zero-order valence-electron chi connectivity index (χ0n) is 16.4. The number of aliphatic hydroxyl groups excluding tert-OH is 1. The standard InChI is InChI=1S/C25H25N2O2/c28-16-13-27-23-7-3-1-5-21(23)25(22-6-2-4-8-24(22)27)19-9-11-20(12-10-19)26-14-17-29-18-15-26/h1-12,28H,13-18H2/q+1. The van der Waals surface area contributed by atoms with E-state index in [4.69, 9.17) is 4.74 Å². The first-order valence-electron chi connectivity index (χ1n) is 10.2. The Bertz CT molecular complexity index is 1090. The summed E-state index contributed by atoms with van der Waals surface area (Å²) in [6, 6.07) is 25.9. The van der Waals surface area contributed by atoms with Crippen molar-refractivity contribution in [2.24, 2.45) is 0 Å². The molecule has 0 atom stereocenters. The minimum atomic E-state index is 0.117. The number of anilines is 1. The molecule has 0 radical (unpaired) electrons. The zero-order valence-corrected chi connectivity index (χ0v) is 16.4. The van der Waals surface area contributed by atoms with E-state index in [0.29, 0.717) is 6.54 Å².